The maximum Gasteiger partial charge on any atom is 0.339 e. The van der Waals surface area contributed by atoms with E-state index in [-0.39, 0.29) is 27.8 Å². The summed E-state index contributed by atoms with van der Waals surface area (Å²) in [5, 5.41) is 2.20. The molecule has 0 saturated carbocycles. The first-order chi connectivity index (χ1) is 16.2. The van der Waals surface area contributed by atoms with Crippen molar-refractivity contribution >= 4 is 74.1 Å². The quantitative estimate of drug-likeness (QED) is 0.339. The van der Waals surface area contributed by atoms with E-state index in [2.05, 4.69) is 21.2 Å². The maximum atomic E-state index is 12.7. The normalized spacial score (nSPS) is 14.5. The van der Waals surface area contributed by atoms with E-state index in [0.29, 0.717) is 22.2 Å². The minimum Gasteiger partial charge on any atom is -0.496 e. The Labute approximate surface area is 213 Å². The lowest BCUT2D eigenvalue weighted by molar-refractivity contribution is -0.127. The summed E-state index contributed by atoms with van der Waals surface area (Å²) in [4.78, 5) is 50.8. The van der Waals surface area contributed by atoms with Crippen molar-refractivity contribution in [2.75, 3.05) is 25.6 Å². The third-order valence-corrected chi connectivity index (χ3v) is 6.41. The van der Waals surface area contributed by atoms with E-state index in [4.69, 9.17) is 21.1 Å². The monoisotopic (exact) mass is 566 g/mol. The second-order valence-electron chi connectivity index (χ2n) is 7.04. The van der Waals surface area contributed by atoms with Gasteiger partial charge in [-0.2, -0.15) is 0 Å². The molecule has 0 radical (unpaired) electrons. The number of nitrogens with zero attached hydrogens (tertiary/aromatic N) is 1. The first-order valence-corrected chi connectivity index (χ1v) is 12.1. The topological polar surface area (TPSA) is 102 Å². The van der Waals surface area contributed by atoms with Crippen LogP contribution in [0.4, 0.5) is 10.5 Å². The fraction of sp³-hybridized carbons (Fsp3) is 0.217. The van der Waals surface area contributed by atoms with Crippen LogP contribution >= 0.6 is 39.3 Å². The molecule has 3 amide bonds. The van der Waals surface area contributed by atoms with Crippen LogP contribution in [0, 0.1) is 0 Å². The van der Waals surface area contributed by atoms with Gasteiger partial charge in [-0.1, -0.05) is 24.6 Å². The van der Waals surface area contributed by atoms with E-state index in [1.807, 2.05) is 6.92 Å². The minimum atomic E-state index is -0.607. The molecule has 1 N–H and O–H groups in total. The molecule has 0 aliphatic carbocycles. The second-order valence-corrected chi connectivity index (χ2v) is 9.30. The largest absolute Gasteiger partial charge is 0.496 e. The van der Waals surface area contributed by atoms with Crippen molar-refractivity contribution in [2.45, 2.75) is 13.3 Å². The summed E-state index contributed by atoms with van der Waals surface area (Å²) in [5.74, 6) is -1.15. The molecule has 1 fully saturated rings. The van der Waals surface area contributed by atoms with Crippen LogP contribution < -0.4 is 10.1 Å². The summed E-state index contributed by atoms with van der Waals surface area (Å²) in [6.07, 6.45) is 2.22. The summed E-state index contributed by atoms with van der Waals surface area (Å²) in [5.41, 5.74) is 1.07. The third kappa shape index (κ3) is 6.19. The van der Waals surface area contributed by atoms with Gasteiger partial charge in [0.25, 0.3) is 11.1 Å². The number of carbonyl (C=O) groups is 4. The number of nitrogens with one attached hydrogen (secondary N) is 1. The van der Waals surface area contributed by atoms with E-state index in [9.17, 15) is 19.2 Å². The van der Waals surface area contributed by atoms with Gasteiger partial charge in [-0.3, -0.25) is 19.3 Å². The fourth-order valence-electron chi connectivity index (χ4n) is 2.94. The Morgan fingerprint density at radius 2 is 1.97 bits per heavy atom. The predicted molar refractivity (Wildman–Crippen MR) is 134 cm³/mol. The van der Waals surface area contributed by atoms with E-state index in [1.165, 1.54) is 18.2 Å². The number of hydrogen-bond acceptors (Lipinski definition) is 7. The van der Waals surface area contributed by atoms with E-state index >= 15 is 0 Å². The Morgan fingerprint density at radius 1 is 1.21 bits per heavy atom. The van der Waals surface area contributed by atoms with Gasteiger partial charge in [-0.15, -0.1) is 0 Å². The van der Waals surface area contributed by atoms with Gasteiger partial charge in [0, 0.05) is 5.69 Å². The van der Waals surface area contributed by atoms with Crippen molar-refractivity contribution < 1.29 is 28.7 Å². The number of hydrogen-bond donors (Lipinski definition) is 1. The second kappa shape index (κ2) is 11.5. The van der Waals surface area contributed by atoms with E-state index in [0.717, 1.165) is 16.7 Å². The first kappa shape index (κ1) is 25.8. The Kier molecular flexibility index (Phi) is 8.76. The zero-order chi connectivity index (χ0) is 24.8. The maximum absolute atomic E-state index is 12.7. The third-order valence-electron chi connectivity index (χ3n) is 4.56. The van der Waals surface area contributed by atoms with Gasteiger partial charge in [0.2, 0.25) is 5.91 Å². The molecule has 0 bridgehead atoms. The molecule has 1 saturated heterocycles. The molecule has 34 heavy (non-hydrogen) atoms. The Balaban J connectivity index is 1.68. The number of halogens is 2. The molecule has 11 heteroatoms. The fourth-order valence-corrected chi connectivity index (χ4v) is 4.53. The Hall–Kier alpha value is -2.82. The van der Waals surface area contributed by atoms with Crippen LogP contribution in [0.3, 0.4) is 0 Å². The molecule has 0 spiro atoms. The zero-order valence-corrected chi connectivity index (χ0v) is 21.4. The Morgan fingerprint density at radius 3 is 2.65 bits per heavy atom. The summed E-state index contributed by atoms with van der Waals surface area (Å²) in [6.45, 7) is 1.62. The lowest BCUT2D eigenvalue weighted by Crippen LogP contribution is -2.36. The molecule has 3 rings (SSSR count). The summed E-state index contributed by atoms with van der Waals surface area (Å²) in [7, 11) is 1.54. The van der Waals surface area contributed by atoms with Crippen molar-refractivity contribution in [2.24, 2.45) is 0 Å². The predicted octanol–water partition coefficient (Wildman–Crippen LogP) is 5.35. The summed E-state index contributed by atoms with van der Waals surface area (Å²) in [6, 6.07) is 9.57. The zero-order valence-electron chi connectivity index (χ0n) is 18.2. The van der Waals surface area contributed by atoms with Crippen LogP contribution in [-0.4, -0.2) is 48.2 Å². The minimum absolute atomic E-state index is 0.104. The number of carbonyl (C=O) groups excluding carboxylic acids is 4. The number of thioether (sulfide) groups is 1. The van der Waals surface area contributed by atoms with Crippen LogP contribution in [-0.2, 0) is 14.3 Å². The molecule has 8 nitrogen and oxygen atoms in total. The molecular weight excluding hydrogens is 548 g/mol. The average Bonchev–Trinajstić information content (AvgIpc) is 3.06. The number of esters is 1. The molecular formula is C23H20BrClN2O6S. The molecule has 0 aromatic heterocycles. The van der Waals surface area contributed by atoms with Crippen molar-refractivity contribution in [1.82, 2.24) is 4.90 Å². The van der Waals surface area contributed by atoms with Gasteiger partial charge in [-0.05, 0) is 76.1 Å². The van der Waals surface area contributed by atoms with Gasteiger partial charge in [0.15, 0.2) is 0 Å². The number of benzene rings is 2. The van der Waals surface area contributed by atoms with Crippen LogP contribution in [0.2, 0.25) is 5.02 Å². The number of ether oxygens (including phenoxy) is 2. The highest BCUT2D eigenvalue weighted by Crippen LogP contribution is 2.34. The lowest BCUT2D eigenvalue weighted by atomic mass is 10.2. The average molecular weight is 568 g/mol. The molecule has 1 aliphatic rings. The van der Waals surface area contributed by atoms with Gasteiger partial charge in [0.1, 0.15) is 12.3 Å². The van der Waals surface area contributed by atoms with Gasteiger partial charge < -0.3 is 14.8 Å². The van der Waals surface area contributed by atoms with E-state index in [1.54, 1.807) is 31.4 Å². The van der Waals surface area contributed by atoms with Crippen LogP contribution in [0.5, 0.6) is 5.75 Å². The van der Waals surface area contributed by atoms with Crippen molar-refractivity contribution in [3.63, 3.8) is 0 Å². The SMILES string of the molecule is CCCOC(=O)c1cc(NC(=O)CN2C(=O)S/C(=C/c3ccc(OC)c(Br)c3)C2=O)ccc1Cl. The number of amides is 3. The van der Waals surface area contributed by atoms with E-state index < -0.39 is 29.6 Å². The highest BCUT2D eigenvalue weighted by atomic mass is 79.9. The summed E-state index contributed by atoms with van der Waals surface area (Å²) >= 11 is 10.2. The standard InChI is InChI=1S/C23H20BrClN2O6S/c1-3-8-33-22(30)15-11-14(5-6-17(15)25)26-20(28)12-27-21(29)19(34-23(27)31)10-13-4-7-18(32-2)16(24)9-13/h4-7,9-11H,3,8,12H2,1-2H3,(H,26,28)/b19-10+. The molecule has 1 heterocycles. The van der Waals surface area contributed by atoms with Crippen molar-refractivity contribution in [1.29, 1.82) is 0 Å². The number of anilines is 1. The van der Waals surface area contributed by atoms with Crippen LogP contribution in [0.15, 0.2) is 45.8 Å². The van der Waals surface area contributed by atoms with Gasteiger partial charge >= 0.3 is 5.97 Å². The highest BCUT2D eigenvalue weighted by molar-refractivity contribution is 9.10. The lowest BCUT2D eigenvalue weighted by Gasteiger charge is -2.13. The molecule has 178 valence electrons. The van der Waals surface area contributed by atoms with Crippen LogP contribution in [0.1, 0.15) is 29.3 Å². The molecule has 2 aromatic carbocycles. The molecule has 2 aromatic rings. The number of methoxy groups -OCH3 is 1. The van der Waals surface area contributed by atoms with Gasteiger partial charge in [0.05, 0.1) is 33.7 Å². The molecule has 0 unspecified atom stereocenters. The van der Waals surface area contributed by atoms with Crippen molar-refractivity contribution in [3.8, 4) is 5.75 Å². The summed E-state index contributed by atoms with van der Waals surface area (Å²) < 4.78 is 11.0. The smallest absolute Gasteiger partial charge is 0.339 e. The number of imide groups is 1. The van der Waals surface area contributed by atoms with Crippen LogP contribution in [0.25, 0.3) is 6.08 Å². The highest BCUT2D eigenvalue weighted by Gasteiger charge is 2.36. The first-order valence-electron chi connectivity index (χ1n) is 10.1. The molecule has 1 aliphatic heterocycles. The number of rotatable bonds is 8. The van der Waals surface area contributed by atoms with Gasteiger partial charge in [-0.25, -0.2) is 4.79 Å². The Bertz CT molecular complexity index is 1190. The molecule has 0 atom stereocenters. The van der Waals surface area contributed by atoms with Crippen molar-refractivity contribution in [3.05, 3.63) is 61.9 Å².